The van der Waals surface area contributed by atoms with Crippen LogP contribution in [0.1, 0.15) is 17.6 Å². The lowest BCUT2D eigenvalue weighted by atomic mass is 10.1. The fourth-order valence-electron chi connectivity index (χ4n) is 2.74. The van der Waals surface area contributed by atoms with Crippen molar-refractivity contribution in [3.63, 3.8) is 0 Å². The van der Waals surface area contributed by atoms with E-state index in [4.69, 9.17) is 20.9 Å². The molecule has 24 heavy (non-hydrogen) atoms. The Morgan fingerprint density at radius 3 is 2.92 bits per heavy atom. The summed E-state index contributed by atoms with van der Waals surface area (Å²) < 4.78 is 11.3. The van der Waals surface area contributed by atoms with E-state index in [9.17, 15) is 0 Å². The highest BCUT2D eigenvalue weighted by Gasteiger charge is 2.23. The average Bonchev–Trinajstić information content (AvgIpc) is 3.27. The van der Waals surface area contributed by atoms with Crippen molar-refractivity contribution in [3.05, 3.63) is 57.6 Å². The fraction of sp³-hybridized carbons (Fsp3) is 0.294. The largest absolute Gasteiger partial charge is 0.371 e. The molecule has 3 aromatic rings. The molecular formula is C17H16ClN3O2S. The second kappa shape index (κ2) is 7.03. The van der Waals surface area contributed by atoms with Crippen LogP contribution in [0.4, 0.5) is 0 Å². The molecule has 5 nitrogen and oxygen atoms in total. The van der Waals surface area contributed by atoms with Gasteiger partial charge in [-0.1, -0.05) is 28.9 Å². The number of morpholine rings is 1. The Hall–Kier alpha value is -1.73. The van der Waals surface area contributed by atoms with Gasteiger partial charge >= 0.3 is 0 Å². The van der Waals surface area contributed by atoms with Gasteiger partial charge < -0.3 is 9.26 Å². The zero-order valence-corrected chi connectivity index (χ0v) is 14.5. The van der Waals surface area contributed by atoms with Crippen LogP contribution in [0.5, 0.6) is 0 Å². The molecule has 0 aliphatic carbocycles. The third-order valence-corrected chi connectivity index (χ3v) is 4.93. The van der Waals surface area contributed by atoms with Crippen LogP contribution in [-0.2, 0) is 11.3 Å². The number of benzene rings is 1. The number of hydrogen-bond donors (Lipinski definition) is 0. The smallest absolute Gasteiger partial charge is 0.241 e. The van der Waals surface area contributed by atoms with E-state index in [1.54, 1.807) is 11.3 Å². The lowest BCUT2D eigenvalue weighted by Gasteiger charge is -2.32. The molecule has 1 saturated heterocycles. The predicted molar refractivity (Wildman–Crippen MR) is 93.0 cm³/mol. The average molecular weight is 362 g/mol. The summed E-state index contributed by atoms with van der Waals surface area (Å²) in [5, 5.41) is 8.81. The standard InChI is InChI=1S/C17H16ClN3O2S/c18-14-3-1-12(2-4-14)15-9-21(6-7-22-15)10-16-19-17(20-23-16)13-5-8-24-11-13/h1-5,8,11,15H,6-7,9-10H2/t15-/m1/s1. The summed E-state index contributed by atoms with van der Waals surface area (Å²) in [4.78, 5) is 6.76. The van der Waals surface area contributed by atoms with Crippen LogP contribution in [0, 0.1) is 0 Å². The van der Waals surface area contributed by atoms with Crippen LogP contribution in [0.25, 0.3) is 11.4 Å². The molecule has 0 bridgehead atoms. The van der Waals surface area contributed by atoms with Crippen molar-refractivity contribution >= 4 is 22.9 Å². The number of hydrogen-bond acceptors (Lipinski definition) is 6. The van der Waals surface area contributed by atoms with Gasteiger partial charge in [-0.25, -0.2) is 0 Å². The molecule has 1 aromatic carbocycles. The Kier molecular flexibility index (Phi) is 4.62. The molecule has 0 unspecified atom stereocenters. The van der Waals surface area contributed by atoms with E-state index in [1.165, 1.54) is 0 Å². The number of ether oxygens (including phenoxy) is 1. The van der Waals surface area contributed by atoms with Gasteiger partial charge in [0.1, 0.15) is 0 Å². The zero-order valence-electron chi connectivity index (χ0n) is 12.9. The van der Waals surface area contributed by atoms with Crippen molar-refractivity contribution in [1.29, 1.82) is 0 Å². The summed E-state index contributed by atoms with van der Waals surface area (Å²) in [5.74, 6) is 1.28. The highest BCUT2D eigenvalue weighted by molar-refractivity contribution is 7.08. The Labute approximate surface area is 148 Å². The molecule has 0 saturated carbocycles. The monoisotopic (exact) mass is 361 g/mol. The number of halogens is 1. The normalized spacial score (nSPS) is 18.8. The minimum Gasteiger partial charge on any atom is -0.371 e. The van der Waals surface area contributed by atoms with E-state index in [-0.39, 0.29) is 6.10 Å². The van der Waals surface area contributed by atoms with Gasteiger partial charge in [-0.3, -0.25) is 4.90 Å². The van der Waals surface area contributed by atoms with Gasteiger partial charge in [0, 0.05) is 29.1 Å². The minimum absolute atomic E-state index is 0.0373. The van der Waals surface area contributed by atoms with Crippen molar-refractivity contribution in [2.24, 2.45) is 0 Å². The molecule has 1 aliphatic rings. The van der Waals surface area contributed by atoms with E-state index in [1.807, 2.05) is 41.1 Å². The van der Waals surface area contributed by atoms with Crippen LogP contribution < -0.4 is 0 Å². The Balaban J connectivity index is 1.42. The molecule has 0 N–H and O–H groups in total. The summed E-state index contributed by atoms with van der Waals surface area (Å²) in [6, 6.07) is 9.80. The first-order valence-corrected chi connectivity index (χ1v) is 9.04. The Morgan fingerprint density at radius 1 is 1.25 bits per heavy atom. The highest BCUT2D eigenvalue weighted by atomic mass is 35.5. The Bertz CT molecular complexity index is 789. The van der Waals surface area contributed by atoms with Crippen molar-refractivity contribution < 1.29 is 9.26 Å². The number of nitrogens with zero attached hydrogens (tertiary/aromatic N) is 3. The first-order valence-electron chi connectivity index (χ1n) is 7.72. The lowest BCUT2D eigenvalue weighted by molar-refractivity contribution is -0.0355. The Morgan fingerprint density at radius 2 is 2.12 bits per heavy atom. The fourth-order valence-corrected chi connectivity index (χ4v) is 3.50. The second-order valence-electron chi connectivity index (χ2n) is 5.67. The maximum Gasteiger partial charge on any atom is 0.241 e. The van der Waals surface area contributed by atoms with Gasteiger partial charge in [-0.05, 0) is 29.1 Å². The summed E-state index contributed by atoms with van der Waals surface area (Å²) >= 11 is 7.57. The van der Waals surface area contributed by atoms with Gasteiger partial charge in [0.25, 0.3) is 0 Å². The van der Waals surface area contributed by atoms with Crippen molar-refractivity contribution in [2.45, 2.75) is 12.6 Å². The maximum absolute atomic E-state index is 5.95. The molecule has 7 heteroatoms. The van der Waals surface area contributed by atoms with Crippen molar-refractivity contribution in [3.8, 4) is 11.4 Å². The van der Waals surface area contributed by atoms with Gasteiger partial charge in [-0.2, -0.15) is 16.3 Å². The van der Waals surface area contributed by atoms with Crippen LogP contribution in [-0.4, -0.2) is 34.7 Å². The molecule has 1 fully saturated rings. The van der Waals surface area contributed by atoms with E-state index in [2.05, 4.69) is 15.0 Å². The molecule has 0 amide bonds. The lowest BCUT2D eigenvalue weighted by Crippen LogP contribution is -2.37. The molecule has 3 heterocycles. The first-order chi connectivity index (χ1) is 11.8. The molecule has 0 radical (unpaired) electrons. The van der Waals surface area contributed by atoms with Gasteiger partial charge in [0.05, 0.1) is 19.3 Å². The topological polar surface area (TPSA) is 51.4 Å². The van der Waals surface area contributed by atoms with Gasteiger partial charge in [-0.15, -0.1) is 0 Å². The number of thiophene rings is 1. The molecule has 1 aliphatic heterocycles. The van der Waals surface area contributed by atoms with Crippen LogP contribution >= 0.6 is 22.9 Å². The van der Waals surface area contributed by atoms with E-state index in [0.29, 0.717) is 24.9 Å². The van der Waals surface area contributed by atoms with Crippen molar-refractivity contribution in [2.75, 3.05) is 19.7 Å². The summed E-state index contributed by atoms with van der Waals surface area (Å²) in [7, 11) is 0. The number of rotatable bonds is 4. The van der Waals surface area contributed by atoms with Crippen LogP contribution in [0.2, 0.25) is 5.02 Å². The third kappa shape index (κ3) is 3.52. The van der Waals surface area contributed by atoms with Gasteiger partial charge in [0.2, 0.25) is 11.7 Å². The zero-order chi connectivity index (χ0) is 16.4. The van der Waals surface area contributed by atoms with Gasteiger partial charge in [0.15, 0.2) is 0 Å². The summed E-state index contributed by atoms with van der Waals surface area (Å²) in [5.41, 5.74) is 2.13. The minimum atomic E-state index is 0.0373. The second-order valence-corrected chi connectivity index (χ2v) is 6.89. The van der Waals surface area contributed by atoms with Crippen LogP contribution in [0.3, 0.4) is 0 Å². The van der Waals surface area contributed by atoms with E-state index < -0.39 is 0 Å². The molecule has 0 spiro atoms. The molecule has 1 atom stereocenters. The summed E-state index contributed by atoms with van der Waals surface area (Å²) in [6.45, 7) is 2.95. The van der Waals surface area contributed by atoms with E-state index >= 15 is 0 Å². The first kappa shape index (κ1) is 15.8. The predicted octanol–water partition coefficient (Wildman–Crippen LogP) is 4.03. The third-order valence-electron chi connectivity index (χ3n) is 4.00. The molecule has 4 rings (SSSR count). The quantitative estimate of drug-likeness (QED) is 0.702. The van der Waals surface area contributed by atoms with Crippen molar-refractivity contribution in [1.82, 2.24) is 15.0 Å². The molecule has 2 aromatic heterocycles. The number of aromatic nitrogens is 2. The maximum atomic E-state index is 5.95. The van der Waals surface area contributed by atoms with E-state index in [0.717, 1.165) is 29.2 Å². The van der Waals surface area contributed by atoms with Crippen LogP contribution in [0.15, 0.2) is 45.6 Å². The molecule has 124 valence electrons. The summed E-state index contributed by atoms with van der Waals surface area (Å²) in [6.07, 6.45) is 0.0373. The molecular weight excluding hydrogens is 346 g/mol. The SMILES string of the molecule is Clc1ccc([C@H]2CN(Cc3nc(-c4ccsc4)no3)CCO2)cc1. The highest BCUT2D eigenvalue weighted by Crippen LogP contribution is 2.25.